The first-order valence-electron chi connectivity index (χ1n) is 10.9. The number of aromatic hydroxyl groups is 1. The minimum Gasteiger partial charge on any atom is -0.508 e. The van der Waals surface area contributed by atoms with Crippen molar-refractivity contribution in [1.82, 2.24) is 0 Å². The normalized spacial score (nSPS) is 20.7. The molecule has 1 saturated carbocycles. The number of carbonyl (C=O) groups is 1. The number of benzene rings is 2. The van der Waals surface area contributed by atoms with Crippen LogP contribution in [0.5, 0.6) is 5.75 Å². The number of phenols is 1. The van der Waals surface area contributed by atoms with Crippen LogP contribution in [0.1, 0.15) is 86.8 Å². The first-order valence-corrected chi connectivity index (χ1v) is 10.9. The van der Waals surface area contributed by atoms with Gasteiger partial charge < -0.3 is 10.2 Å². The number of hydrogen-bond donors (Lipinski definition) is 2. The maximum Gasteiger partial charge on any atom is 0.328 e. The van der Waals surface area contributed by atoms with E-state index in [1.54, 1.807) is 18.2 Å². The topological polar surface area (TPSA) is 57.5 Å². The Morgan fingerprint density at radius 3 is 2.03 bits per heavy atom. The van der Waals surface area contributed by atoms with Gasteiger partial charge in [-0.15, -0.1) is 0 Å². The summed E-state index contributed by atoms with van der Waals surface area (Å²) in [5.74, 6) is -0.683. The summed E-state index contributed by atoms with van der Waals surface area (Å²) in [5.41, 5.74) is 7.31. The number of fused-ring (bicyclic) bond motifs is 1. The maximum absolute atomic E-state index is 10.9. The number of aliphatic carboxylic acids is 1. The van der Waals surface area contributed by atoms with Gasteiger partial charge in [-0.2, -0.15) is 0 Å². The summed E-state index contributed by atoms with van der Waals surface area (Å²) in [6.45, 7) is 11.6. The third-order valence-electron chi connectivity index (χ3n) is 7.42. The van der Waals surface area contributed by atoms with Crippen LogP contribution in [0.25, 0.3) is 6.08 Å². The molecular formula is C27H32O3. The molecule has 0 heterocycles. The second-order valence-electron chi connectivity index (χ2n) is 10.5. The summed E-state index contributed by atoms with van der Waals surface area (Å²) in [6.07, 6.45) is 7.09. The molecule has 0 atom stereocenters. The predicted octanol–water partition coefficient (Wildman–Crippen LogP) is 6.23. The van der Waals surface area contributed by atoms with Gasteiger partial charge in [0.1, 0.15) is 5.75 Å². The van der Waals surface area contributed by atoms with Crippen molar-refractivity contribution in [2.24, 2.45) is 0 Å². The molecule has 0 spiro atoms. The average Bonchev–Trinajstić information content (AvgIpc) is 3.46. The summed E-state index contributed by atoms with van der Waals surface area (Å²) >= 11 is 0. The van der Waals surface area contributed by atoms with Crippen LogP contribution in [-0.2, 0) is 21.0 Å². The van der Waals surface area contributed by atoms with E-state index in [9.17, 15) is 9.90 Å². The van der Waals surface area contributed by atoms with Gasteiger partial charge in [-0.3, -0.25) is 0 Å². The number of hydrogen-bond acceptors (Lipinski definition) is 2. The van der Waals surface area contributed by atoms with E-state index < -0.39 is 5.97 Å². The molecule has 0 amide bonds. The minimum absolute atomic E-state index is 0.136. The fourth-order valence-electron chi connectivity index (χ4n) is 5.25. The summed E-state index contributed by atoms with van der Waals surface area (Å²) in [4.78, 5) is 10.9. The van der Waals surface area contributed by atoms with E-state index in [1.165, 1.54) is 35.1 Å². The van der Waals surface area contributed by atoms with Crippen LogP contribution in [0.4, 0.5) is 0 Å². The molecule has 30 heavy (non-hydrogen) atoms. The Hall–Kier alpha value is -2.55. The van der Waals surface area contributed by atoms with Crippen molar-refractivity contribution >= 4 is 12.0 Å². The van der Waals surface area contributed by atoms with Crippen molar-refractivity contribution in [3.05, 3.63) is 69.8 Å². The fraction of sp³-hybridized carbons (Fsp3) is 0.444. The molecule has 0 aliphatic heterocycles. The molecule has 0 unspecified atom stereocenters. The molecule has 0 radical (unpaired) electrons. The van der Waals surface area contributed by atoms with E-state index in [-0.39, 0.29) is 22.0 Å². The molecule has 2 aromatic carbocycles. The number of aryl methyl sites for hydroxylation is 1. The minimum atomic E-state index is -0.971. The number of carboxylic acid groups (broad SMARTS) is 1. The van der Waals surface area contributed by atoms with Gasteiger partial charge in [0.2, 0.25) is 0 Å². The van der Waals surface area contributed by atoms with Crippen LogP contribution in [0.3, 0.4) is 0 Å². The molecule has 0 saturated heterocycles. The van der Waals surface area contributed by atoms with Gasteiger partial charge in [-0.05, 0) is 89.5 Å². The average molecular weight is 405 g/mol. The van der Waals surface area contributed by atoms with Gasteiger partial charge >= 0.3 is 5.97 Å². The zero-order valence-corrected chi connectivity index (χ0v) is 18.7. The lowest BCUT2D eigenvalue weighted by atomic mass is 9.62. The Morgan fingerprint density at radius 1 is 0.867 bits per heavy atom. The Kier molecular flexibility index (Phi) is 4.65. The Bertz CT molecular complexity index is 1050. The van der Waals surface area contributed by atoms with Crippen LogP contribution >= 0.6 is 0 Å². The summed E-state index contributed by atoms with van der Waals surface area (Å²) in [7, 11) is 0. The van der Waals surface area contributed by atoms with Crippen molar-refractivity contribution in [3.63, 3.8) is 0 Å². The largest absolute Gasteiger partial charge is 0.508 e. The van der Waals surface area contributed by atoms with E-state index >= 15 is 0 Å². The maximum atomic E-state index is 10.9. The third-order valence-corrected chi connectivity index (χ3v) is 7.42. The van der Waals surface area contributed by atoms with Crippen molar-refractivity contribution in [2.45, 2.75) is 76.5 Å². The molecule has 3 nitrogen and oxygen atoms in total. The van der Waals surface area contributed by atoms with E-state index in [0.717, 1.165) is 30.0 Å². The number of phenolic OH excluding ortho intramolecular Hbond substituents is 1. The molecule has 1 fully saturated rings. The monoisotopic (exact) mass is 404 g/mol. The predicted molar refractivity (Wildman–Crippen MR) is 121 cm³/mol. The van der Waals surface area contributed by atoms with Gasteiger partial charge in [0.25, 0.3) is 0 Å². The van der Waals surface area contributed by atoms with Crippen LogP contribution in [0, 0.1) is 6.92 Å². The first kappa shape index (κ1) is 20.7. The lowest BCUT2D eigenvalue weighted by Gasteiger charge is -2.43. The van der Waals surface area contributed by atoms with Crippen LogP contribution in [0.15, 0.2) is 36.4 Å². The Balaban J connectivity index is 1.86. The molecule has 2 N–H and O–H groups in total. The molecule has 2 aromatic rings. The smallest absolute Gasteiger partial charge is 0.328 e. The van der Waals surface area contributed by atoms with E-state index in [1.807, 2.05) is 6.07 Å². The molecule has 2 aliphatic rings. The van der Waals surface area contributed by atoms with Gasteiger partial charge in [-0.1, -0.05) is 45.9 Å². The molecular weight excluding hydrogens is 372 g/mol. The number of rotatable bonds is 4. The zero-order valence-electron chi connectivity index (χ0n) is 18.7. The van der Waals surface area contributed by atoms with Crippen molar-refractivity contribution in [1.29, 1.82) is 0 Å². The van der Waals surface area contributed by atoms with Crippen LogP contribution < -0.4 is 0 Å². The first-order chi connectivity index (χ1) is 14.0. The number of carboxylic acids is 1. The molecule has 158 valence electrons. The van der Waals surface area contributed by atoms with E-state index in [2.05, 4.69) is 46.8 Å². The lowest BCUT2D eigenvalue weighted by Crippen LogP contribution is -2.34. The molecule has 4 rings (SSSR count). The fourth-order valence-corrected chi connectivity index (χ4v) is 5.25. The molecule has 0 bridgehead atoms. The summed E-state index contributed by atoms with van der Waals surface area (Å²) in [6, 6.07) is 10.2. The highest BCUT2D eigenvalue weighted by molar-refractivity contribution is 5.85. The quantitative estimate of drug-likeness (QED) is 0.594. The standard InChI is InChI=1S/C27H32O3/c1-17-14-20-21(26(4,5)11-10-25(20,2)3)16-19(17)27(12-13-27)22-15-18(6-8-23(22)28)7-9-24(29)30/h6-9,14-16,28H,10-13H2,1-5H3,(H,29,30). The Labute approximate surface area is 179 Å². The molecule has 2 aliphatic carbocycles. The van der Waals surface area contributed by atoms with Crippen LogP contribution in [0.2, 0.25) is 0 Å². The van der Waals surface area contributed by atoms with Gasteiger partial charge in [-0.25, -0.2) is 4.79 Å². The van der Waals surface area contributed by atoms with Gasteiger partial charge in [0.05, 0.1) is 0 Å². The second-order valence-corrected chi connectivity index (χ2v) is 10.5. The highest BCUT2D eigenvalue weighted by Gasteiger charge is 2.49. The lowest BCUT2D eigenvalue weighted by molar-refractivity contribution is -0.131. The third kappa shape index (κ3) is 3.34. The Morgan fingerprint density at radius 2 is 1.47 bits per heavy atom. The molecule has 0 aromatic heterocycles. The van der Waals surface area contributed by atoms with Crippen molar-refractivity contribution in [3.8, 4) is 5.75 Å². The van der Waals surface area contributed by atoms with E-state index in [4.69, 9.17) is 5.11 Å². The zero-order chi connectivity index (χ0) is 21.9. The van der Waals surface area contributed by atoms with Gasteiger partial charge in [0, 0.05) is 17.1 Å². The SMILES string of the molecule is Cc1cc2c(cc1C1(c3cc(C=CC(=O)O)ccc3O)CC1)C(C)(C)CCC2(C)C. The highest BCUT2D eigenvalue weighted by atomic mass is 16.4. The second kappa shape index (κ2) is 6.73. The van der Waals surface area contributed by atoms with Crippen LogP contribution in [-0.4, -0.2) is 16.2 Å². The van der Waals surface area contributed by atoms with Gasteiger partial charge in [0.15, 0.2) is 0 Å². The van der Waals surface area contributed by atoms with Crippen molar-refractivity contribution < 1.29 is 15.0 Å². The summed E-state index contributed by atoms with van der Waals surface area (Å²) < 4.78 is 0. The van der Waals surface area contributed by atoms with E-state index in [0.29, 0.717) is 0 Å². The highest BCUT2D eigenvalue weighted by Crippen LogP contribution is 2.58. The molecule has 3 heteroatoms. The summed E-state index contributed by atoms with van der Waals surface area (Å²) in [5, 5.41) is 19.7. The van der Waals surface area contributed by atoms with Crippen molar-refractivity contribution in [2.75, 3.05) is 0 Å².